The Balaban J connectivity index is 1.53. The Hall–Kier alpha value is -2.82. The molecule has 0 aliphatic carbocycles. The molecule has 2 aromatic carbocycles. The van der Waals surface area contributed by atoms with E-state index in [0.29, 0.717) is 13.1 Å². The second-order valence-corrected chi connectivity index (χ2v) is 8.07. The highest BCUT2D eigenvalue weighted by molar-refractivity contribution is 6.02. The number of ether oxygens (including phenoxy) is 1. The summed E-state index contributed by atoms with van der Waals surface area (Å²) in [4.78, 5) is 13.7. The summed E-state index contributed by atoms with van der Waals surface area (Å²) in [5.74, 6) is 1.09. The first-order valence-electron chi connectivity index (χ1n) is 10.0. The Morgan fingerprint density at radius 2 is 1.82 bits per heavy atom. The standard InChI is InChI=1S/C23H25N3O2/c1-16-7-9-18(10-8-16)20-15-21-19-5-3-4-6-22(19)28-23(26(21)24-20)11-13-25(14-12-23)17(2)27/h3-10,21H,11-15H2,1-2H3/t21-/m0/s1. The van der Waals surface area contributed by atoms with Crippen molar-refractivity contribution in [3.05, 3.63) is 65.2 Å². The molecule has 1 fully saturated rings. The number of amides is 1. The fourth-order valence-electron chi connectivity index (χ4n) is 4.65. The zero-order valence-corrected chi connectivity index (χ0v) is 16.4. The molecule has 1 atom stereocenters. The summed E-state index contributed by atoms with van der Waals surface area (Å²) in [7, 11) is 0. The molecule has 28 heavy (non-hydrogen) atoms. The zero-order chi connectivity index (χ0) is 19.3. The highest BCUT2D eigenvalue weighted by atomic mass is 16.5. The molecule has 0 N–H and O–H groups in total. The number of carbonyl (C=O) groups is 1. The molecule has 0 saturated carbocycles. The molecule has 0 bridgehead atoms. The van der Waals surface area contributed by atoms with Crippen LogP contribution >= 0.6 is 0 Å². The van der Waals surface area contributed by atoms with Gasteiger partial charge in [0.1, 0.15) is 5.75 Å². The molecule has 3 heterocycles. The van der Waals surface area contributed by atoms with Crippen molar-refractivity contribution < 1.29 is 9.53 Å². The van der Waals surface area contributed by atoms with Gasteiger partial charge in [-0.25, -0.2) is 5.01 Å². The van der Waals surface area contributed by atoms with Gasteiger partial charge in [0.05, 0.1) is 11.8 Å². The first-order chi connectivity index (χ1) is 13.6. The Morgan fingerprint density at radius 3 is 2.54 bits per heavy atom. The van der Waals surface area contributed by atoms with E-state index in [4.69, 9.17) is 9.84 Å². The highest BCUT2D eigenvalue weighted by Crippen LogP contribution is 2.49. The normalized spacial score (nSPS) is 22.4. The summed E-state index contributed by atoms with van der Waals surface area (Å²) >= 11 is 0. The molecular weight excluding hydrogens is 350 g/mol. The van der Waals surface area contributed by atoms with Crippen LogP contribution in [0.1, 0.15) is 48.9 Å². The zero-order valence-electron chi connectivity index (χ0n) is 16.4. The van der Waals surface area contributed by atoms with Crippen molar-refractivity contribution in [3.63, 3.8) is 0 Å². The summed E-state index contributed by atoms with van der Waals surface area (Å²) in [6, 6.07) is 17.1. The number of para-hydroxylation sites is 1. The molecule has 5 nitrogen and oxygen atoms in total. The second kappa shape index (κ2) is 6.36. The van der Waals surface area contributed by atoms with Crippen LogP contribution in [0, 0.1) is 6.92 Å². The number of rotatable bonds is 1. The van der Waals surface area contributed by atoms with Gasteiger partial charge in [0.15, 0.2) is 0 Å². The number of fused-ring (bicyclic) bond motifs is 4. The van der Waals surface area contributed by atoms with E-state index in [1.54, 1.807) is 6.92 Å². The van der Waals surface area contributed by atoms with Gasteiger partial charge in [0.2, 0.25) is 11.6 Å². The number of benzene rings is 2. The Bertz CT molecular complexity index is 943. The third-order valence-corrected chi connectivity index (χ3v) is 6.28. The maximum absolute atomic E-state index is 11.8. The summed E-state index contributed by atoms with van der Waals surface area (Å²) in [5.41, 5.74) is 4.26. The van der Waals surface area contributed by atoms with Crippen LogP contribution in [0.5, 0.6) is 5.75 Å². The van der Waals surface area contributed by atoms with Gasteiger partial charge in [-0.1, -0.05) is 48.0 Å². The van der Waals surface area contributed by atoms with Gasteiger partial charge in [0, 0.05) is 44.8 Å². The SMILES string of the molecule is CC(=O)N1CCC2(CC1)Oc1ccccc1[C@@H]1CC(c3ccc(C)cc3)=NN12. The average molecular weight is 375 g/mol. The number of hydrazone groups is 1. The Labute approximate surface area is 165 Å². The predicted molar refractivity (Wildman–Crippen MR) is 108 cm³/mol. The van der Waals surface area contributed by atoms with E-state index >= 15 is 0 Å². The van der Waals surface area contributed by atoms with E-state index in [0.717, 1.165) is 30.7 Å². The van der Waals surface area contributed by atoms with E-state index in [2.05, 4.69) is 54.4 Å². The molecule has 0 unspecified atom stereocenters. The molecule has 3 aliphatic rings. The number of hydrogen-bond donors (Lipinski definition) is 0. The minimum Gasteiger partial charge on any atom is -0.466 e. The highest BCUT2D eigenvalue weighted by Gasteiger charge is 2.51. The van der Waals surface area contributed by atoms with Gasteiger partial charge >= 0.3 is 0 Å². The minimum absolute atomic E-state index is 0.132. The maximum Gasteiger partial charge on any atom is 0.219 e. The van der Waals surface area contributed by atoms with Crippen LogP contribution < -0.4 is 4.74 Å². The lowest BCUT2D eigenvalue weighted by atomic mass is 9.90. The van der Waals surface area contributed by atoms with Crippen LogP contribution in [0.4, 0.5) is 0 Å². The van der Waals surface area contributed by atoms with Gasteiger partial charge in [0.25, 0.3) is 0 Å². The first-order valence-corrected chi connectivity index (χ1v) is 10.0. The minimum atomic E-state index is -0.475. The largest absolute Gasteiger partial charge is 0.466 e. The Morgan fingerprint density at radius 1 is 1.11 bits per heavy atom. The van der Waals surface area contributed by atoms with E-state index in [1.165, 1.54) is 16.7 Å². The van der Waals surface area contributed by atoms with Crippen LogP contribution in [0.25, 0.3) is 0 Å². The second-order valence-electron chi connectivity index (χ2n) is 8.07. The monoisotopic (exact) mass is 375 g/mol. The molecular formula is C23H25N3O2. The quantitative estimate of drug-likeness (QED) is 0.760. The maximum atomic E-state index is 11.8. The molecule has 144 valence electrons. The van der Waals surface area contributed by atoms with Crippen LogP contribution in [0.3, 0.4) is 0 Å². The molecule has 5 rings (SSSR count). The first kappa shape index (κ1) is 17.3. The molecule has 1 amide bonds. The van der Waals surface area contributed by atoms with E-state index in [9.17, 15) is 4.79 Å². The van der Waals surface area contributed by atoms with Crippen LogP contribution in [-0.4, -0.2) is 40.3 Å². The van der Waals surface area contributed by atoms with E-state index < -0.39 is 5.72 Å². The average Bonchev–Trinajstić information content (AvgIpc) is 3.16. The number of nitrogens with zero attached hydrogens (tertiary/aromatic N) is 3. The molecule has 1 saturated heterocycles. The van der Waals surface area contributed by atoms with Crippen LogP contribution in [0.2, 0.25) is 0 Å². The molecule has 0 radical (unpaired) electrons. The number of piperidine rings is 1. The van der Waals surface area contributed by atoms with Crippen molar-refractivity contribution in [2.75, 3.05) is 13.1 Å². The van der Waals surface area contributed by atoms with Gasteiger partial charge in [-0.3, -0.25) is 4.79 Å². The third kappa shape index (κ3) is 2.68. The van der Waals surface area contributed by atoms with Gasteiger partial charge in [-0.2, -0.15) is 5.10 Å². The Kier molecular flexibility index (Phi) is 3.93. The summed E-state index contributed by atoms with van der Waals surface area (Å²) in [5, 5.41) is 7.27. The number of hydrogen-bond acceptors (Lipinski definition) is 4. The number of carbonyl (C=O) groups excluding carboxylic acids is 1. The summed E-state index contributed by atoms with van der Waals surface area (Å²) in [6.45, 7) is 5.15. The van der Waals surface area contributed by atoms with E-state index in [-0.39, 0.29) is 11.9 Å². The van der Waals surface area contributed by atoms with Gasteiger partial charge in [-0.05, 0) is 18.6 Å². The van der Waals surface area contributed by atoms with Gasteiger partial charge in [-0.15, -0.1) is 0 Å². The predicted octanol–water partition coefficient (Wildman–Crippen LogP) is 3.88. The summed E-state index contributed by atoms with van der Waals surface area (Å²) < 4.78 is 6.59. The van der Waals surface area contributed by atoms with Crippen molar-refractivity contribution >= 4 is 11.6 Å². The molecule has 1 spiro atoms. The van der Waals surface area contributed by atoms with Crippen molar-refractivity contribution in [1.82, 2.24) is 9.91 Å². The van der Waals surface area contributed by atoms with Crippen molar-refractivity contribution in [2.45, 2.75) is 44.9 Å². The number of likely N-dealkylation sites (tertiary alicyclic amines) is 1. The smallest absolute Gasteiger partial charge is 0.219 e. The van der Waals surface area contributed by atoms with Crippen molar-refractivity contribution in [1.29, 1.82) is 0 Å². The summed E-state index contributed by atoms with van der Waals surface area (Å²) in [6.07, 6.45) is 2.41. The van der Waals surface area contributed by atoms with Crippen molar-refractivity contribution in [2.24, 2.45) is 5.10 Å². The molecule has 2 aromatic rings. The van der Waals surface area contributed by atoms with Crippen molar-refractivity contribution in [3.8, 4) is 5.75 Å². The lowest BCUT2D eigenvalue weighted by Crippen LogP contribution is -2.59. The lowest BCUT2D eigenvalue weighted by molar-refractivity contribution is -0.158. The molecule has 5 heteroatoms. The fourth-order valence-corrected chi connectivity index (χ4v) is 4.65. The third-order valence-electron chi connectivity index (χ3n) is 6.28. The van der Waals surface area contributed by atoms with Crippen LogP contribution in [0.15, 0.2) is 53.6 Å². The molecule has 0 aromatic heterocycles. The van der Waals surface area contributed by atoms with E-state index in [1.807, 2.05) is 11.0 Å². The van der Waals surface area contributed by atoms with Gasteiger partial charge < -0.3 is 9.64 Å². The topological polar surface area (TPSA) is 45.1 Å². The fraction of sp³-hybridized carbons (Fsp3) is 0.391. The van der Waals surface area contributed by atoms with Crippen LogP contribution in [-0.2, 0) is 4.79 Å². The lowest BCUT2D eigenvalue weighted by Gasteiger charge is -2.51. The number of aryl methyl sites for hydroxylation is 1. The molecule has 3 aliphatic heterocycles.